The molecule has 0 saturated carbocycles. The van der Waals surface area contributed by atoms with Crippen molar-refractivity contribution in [3.05, 3.63) is 28.3 Å². The van der Waals surface area contributed by atoms with Crippen LogP contribution in [-0.2, 0) is 63.8 Å². The molecule has 2 aliphatic carbocycles. The summed E-state index contributed by atoms with van der Waals surface area (Å²) in [5.41, 5.74) is 11.1. The largest absolute Gasteiger partial charge is 0.469 e. The van der Waals surface area contributed by atoms with Crippen molar-refractivity contribution < 1.29 is 42.9 Å². The highest BCUT2D eigenvalue weighted by Gasteiger charge is 2.28. The molecule has 0 heterocycles. The second-order valence-corrected chi connectivity index (χ2v) is 8.60. The van der Waals surface area contributed by atoms with Gasteiger partial charge in [-0.05, 0) is 60.8 Å². The zero-order valence-corrected chi connectivity index (χ0v) is 22.9. The minimum atomic E-state index is -1.09. The Hall–Kier alpha value is -3.38. The van der Waals surface area contributed by atoms with Gasteiger partial charge in [-0.3, -0.25) is 14.4 Å². The van der Waals surface area contributed by atoms with E-state index in [1.165, 1.54) is 50.7 Å². The highest BCUT2D eigenvalue weighted by atomic mass is 35.5. The molecule has 13 heteroatoms. The molecule has 0 saturated heterocycles. The number of nitrogens with one attached hydrogen (secondary N) is 2. The number of ether oxygens (including phenoxy) is 4. The van der Waals surface area contributed by atoms with Gasteiger partial charge in [-0.25, -0.2) is 9.59 Å². The Morgan fingerprint density at radius 3 is 1.76 bits per heavy atom. The van der Waals surface area contributed by atoms with Crippen molar-refractivity contribution in [2.75, 3.05) is 33.8 Å². The summed E-state index contributed by atoms with van der Waals surface area (Å²) in [5.74, 6) is -2.42. The van der Waals surface area contributed by atoms with Crippen LogP contribution >= 0.6 is 12.4 Å². The molecule has 212 valence electrons. The maximum Gasteiger partial charge on any atom is 0.329 e. The number of methoxy groups -OCH3 is 4. The summed E-state index contributed by atoms with van der Waals surface area (Å²) in [6.45, 7) is 0. The molecule has 0 bridgehead atoms. The summed E-state index contributed by atoms with van der Waals surface area (Å²) in [7, 11) is 4.88. The van der Waals surface area contributed by atoms with Crippen LogP contribution in [0.1, 0.15) is 47.9 Å². The number of carbonyl (C=O) groups excluding carboxylic acids is 5. The zero-order chi connectivity index (χ0) is 27.5. The Bertz CT molecular complexity index is 1000. The molecular formula is C25H36ClN3O9. The van der Waals surface area contributed by atoms with Crippen molar-refractivity contribution in [1.82, 2.24) is 5.32 Å². The molecule has 0 aliphatic heterocycles. The standard InChI is InChI=1S/C19H24N2O5.C6H11NO4.ClH/c1-25-16(22)10-15(18(23)26-2)20-19(24)21-17-13-7-3-5-11(13)9-12-6-4-8-14(12)17;1-10-5(8)3-4(7)6(9)11-2;/h9,15H,3-8,10H2,1-2H3,(H2,20,21,24);4H,3,7H2,1-2H3;1H/t15-;4-;/m11./s1. The van der Waals surface area contributed by atoms with E-state index in [-0.39, 0.29) is 25.2 Å². The Balaban J connectivity index is 0.000000514. The Morgan fingerprint density at radius 2 is 1.29 bits per heavy atom. The van der Waals surface area contributed by atoms with Crippen molar-refractivity contribution >= 4 is 48.0 Å². The molecule has 0 unspecified atom stereocenters. The fraction of sp³-hybridized carbons (Fsp3) is 0.560. The summed E-state index contributed by atoms with van der Waals surface area (Å²) in [6, 6.07) is -0.245. The molecule has 0 spiro atoms. The third-order valence-corrected chi connectivity index (χ3v) is 6.22. The van der Waals surface area contributed by atoms with Crippen LogP contribution in [0.25, 0.3) is 0 Å². The fourth-order valence-corrected chi connectivity index (χ4v) is 4.36. The van der Waals surface area contributed by atoms with E-state index >= 15 is 0 Å². The Kier molecular flexibility index (Phi) is 13.6. The number of aryl methyl sites for hydroxylation is 2. The molecule has 3 rings (SSSR count). The average molecular weight is 558 g/mol. The van der Waals surface area contributed by atoms with E-state index in [4.69, 9.17) is 5.73 Å². The van der Waals surface area contributed by atoms with Crippen LogP contribution in [0.15, 0.2) is 6.07 Å². The van der Waals surface area contributed by atoms with Crippen LogP contribution in [0, 0.1) is 0 Å². The summed E-state index contributed by atoms with van der Waals surface area (Å²) in [4.78, 5) is 57.0. The molecule has 38 heavy (non-hydrogen) atoms. The number of urea groups is 1. The van der Waals surface area contributed by atoms with Crippen LogP contribution in [0.5, 0.6) is 0 Å². The number of nitrogens with two attached hydrogens (primary N) is 1. The first kappa shape index (κ1) is 32.6. The second-order valence-electron chi connectivity index (χ2n) is 8.60. The molecule has 2 amide bonds. The normalized spacial score (nSPS) is 14.1. The van der Waals surface area contributed by atoms with E-state index in [1.54, 1.807) is 0 Å². The highest BCUT2D eigenvalue weighted by Crippen LogP contribution is 2.38. The molecule has 1 aromatic rings. The molecular weight excluding hydrogens is 522 g/mol. The third-order valence-electron chi connectivity index (χ3n) is 6.22. The van der Waals surface area contributed by atoms with Gasteiger partial charge in [-0.1, -0.05) is 6.07 Å². The van der Waals surface area contributed by atoms with Crippen LogP contribution in [0.3, 0.4) is 0 Å². The minimum Gasteiger partial charge on any atom is -0.469 e. The summed E-state index contributed by atoms with van der Waals surface area (Å²) in [6.07, 6.45) is 5.70. The first-order valence-electron chi connectivity index (χ1n) is 11.9. The molecule has 2 aliphatic rings. The van der Waals surface area contributed by atoms with Crippen molar-refractivity contribution in [2.45, 2.75) is 63.5 Å². The molecule has 12 nitrogen and oxygen atoms in total. The van der Waals surface area contributed by atoms with Gasteiger partial charge in [0.2, 0.25) is 0 Å². The van der Waals surface area contributed by atoms with Gasteiger partial charge in [0.25, 0.3) is 0 Å². The van der Waals surface area contributed by atoms with Crippen LogP contribution in [-0.4, -0.2) is 70.4 Å². The lowest BCUT2D eigenvalue weighted by Crippen LogP contribution is -2.45. The molecule has 1 aromatic carbocycles. The lowest BCUT2D eigenvalue weighted by Gasteiger charge is -2.19. The van der Waals surface area contributed by atoms with Crippen molar-refractivity contribution in [3.8, 4) is 0 Å². The molecule has 2 atom stereocenters. The predicted octanol–water partition coefficient (Wildman–Crippen LogP) is 1.36. The Labute approximate surface area is 227 Å². The lowest BCUT2D eigenvalue weighted by molar-refractivity contribution is -0.149. The van der Waals surface area contributed by atoms with E-state index in [1.807, 2.05) is 0 Å². The maximum absolute atomic E-state index is 12.5. The van der Waals surface area contributed by atoms with E-state index in [9.17, 15) is 24.0 Å². The highest BCUT2D eigenvalue weighted by molar-refractivity contribution is 5.95. The van der Waals surface area contributed by atoms with Gasteiger partial charge >= 0.3 is 29.9 Å². The van der Waals surface area contributed by atoms with E-state index in [0.29, 0.717) is 0 Å². The van der Waals surface area contributed by atoms with Crippen molar-refractivity contribution in [2.24, 2.45) is 5.73 Å². The quantitative estimate of drug-likeness (QED) is 0.313. The fourth-order valence-electron chi connectivity index (χ4n) is 4.36. The number of rotatable bonds is 8. The number of carbonyl (C=O) groups is 5. The summed E-state index contributed by atoms with van der Waals surface area (Å²) in [5, 5.41) is 5.47. The summed E-state index contributed by atoms with van der Waals surface area (Å²) < 4.78 is 17.8. The Morgan fingerprint density at radius 1 is 0.789 bits per heavy atom. The zero-order valence-electron chi connectivity index (χ0n) is 22.0. The number of anilines is 1. The second kappa shape index (κ2) is 15.8. The molecule has 4 N–H and O–H groups in total. The van der Waals surface area contributed by atoms with Crippen molar-refractivity contribution in [3.63, 3.8) is 0 Å². The predicted molar refractivity (Wildman–Crippen MR) is 139 cm³/mol. The third kappa shape index (κ3) is 8.88. The molecule has 0 aromatic heterocycles. The van der Waals surface area contributed by atoms with Crippen LogP contribution in [0.2, 0.25) is 0 Å². The number of benzene rings is 1. The topological polar surface area (TPSA) is 172 Å². The number of amides is 2. The average Bonchev–Trinajstić information content (AvgIpc) is 3.56. The lowest BCUT2D eigenvalue weighted by atomic mass is 9.99. The maximum atomic E-state index is 12.5. The summed E-state index contributed by atoms with van der Waals surface area (Å²) >= 11 is 0. The smallest absolute Gasteiger partial charge is 0.329 e. The van der Waals surface area contributed by atoms with Crippen molar-refractivity contribution in [1.29, 1.82) is 0 Å². The van der Waals surface area contributed by atoms with Gasteiger partial charge in [-0.2, -0.15) is 0 Å². The molecule has 0 radical (unpaired) electrons. The number of fused-ring (bicyclic) bond motifs is 2. The first-order valence-corrected chi connectivity index (χ1v) is 11.9. The number of esters is 4. The molecule has 0 fully saturated rings. The number of hydrogen-bond donors (Lipinski definition) is 3. The number of hydrogen-bond acceptors (Lipinski definition) is 10. The number of halogens is 1. The van der Waals surface area contributed by atoms with Gasteiger partial charge in [0, 0.05) is 5.69 Å². The van der Waals surface area contributed by atoms with Crippen LogP contribution < -0.4 is 16.4 Å². The van der Waals surface area contributed by atoms with Gasteiger partial charge < -0.3 is 35.3 Å². The first-order chi connectivity index (χ1) is 17.6. The monoisotopic (exact) mass is 557 g/mol. The van der Waals surface area contributed by atoms with Gasteiger partial charge in [-0.15, -0.1) is 12.4 Å². The van der Waals surface area contributed by atoms with E-state index in [0.717, 1.165) is 44.2 Å². The minimum absolute atomic E-state index is 0. The van der Waals surface area contributed by atoms with Gasteiger partial charge in [0.05, 0.1) is 41.3 Å². The van der Waals surface area contributed by atoms with Gasteiger partial charge in [0.1, 0.15) is 12.1 Å². The van der Waals surface area contributed by atoms with E-state index in [2.05, 4.69) is 35.6 Å². The van der Waals surface area contributed by atoms with Crippen LogP contribution in [0.4, 0.5) is 10.5 Å². The SMILES string of the molecule is COC(=O)C[C@@H](N)C(=O)OC.COC(=O)C[C@@H](NC(=O)Nc1c2c(cc3c1CCC3)CCC2)C(=O)OC.Cl. The van der Waals surface area contributed by atoms with Gasteiger partial charge in [0.15, 0.2) is 0 Å². The van der Waals surface area contributed by atoms with E-state index < -0.39 is 42.0 Å².